The van der Waals surface area contributed by atoms with E-state index in [0.29, 0.717) is 44.8 Å². The Hall–Kier alpha value is -3.51. The van der Waals surface area contributed by atoms with Crippen molar-refractivity contribution in [3.63, 3.8) is 0 Å². The lowest BCUT2D eigenvalue weighted by Gasteiger charge is -2.34. The molecular weight excluding hydrogens is 504 g/mol. The number of carboxylic acids is 1. The number of nitrogens with zero attached hydrogens (tertiary/aromatic N) is 1. The van der Waals surface area contributed by atoms with Gasteiger partial charge in [0.1, 0.15) is 12.1 Å². The quantitative estimate of drug-likeness (QED) is 0.160. The molecule has 0 spiro atoms. The van der Waals surface area contributed by atoms with Gasteiger partial charge in [0.2, 0.25) is 23.6 Å². The fraction of sp³-hybridized carbons (Fsp3) is 0.593. The summed E-state index contributed by atoms with van der Waals surface area (Å²) >= 11 is 0. The van der Waals surface area contributed by atoms with Crippen molar-refractivity contribution < 1.29 is 29.1 Å². The molecule has 1 aliphatic heterocycles. The van der Waals surface area contributed by atoms with Crippen LogP contribution in [0.4, 0.5) is 0 Å². The van der Waals surface area contributed by atoms with E-state index in [0.717, 1.165) is 24.8 Å². The zero-order chi connectivity index (χ0) is 28.6. The molecule has 4 amide bonds. The standard InChI is InChI=1S/C27H42N6O6/c28-13-5-9-21(27(39)33-14-11-19(12-15-33)8-4-10-25(36)37)31-24(35)18-30-26(38)22(32-23(34)17-29)16-20-6-2-1-3-7-20/h1-3,6-7,19,21-22H,4-5,8-18,28-29H2,(H,30,38)(H,31,35)(H,32,34)(H,36,37)/t21-,22-/m1/s1. The highest BCUT2D eigenvalue weighted by Gasteiger charge is 2.29. The minimum atomic E-state index is -0.914. The molecular formula is C27H42N6O6. The van der Waals surface area contributed by atoms with Crippen LogP contribution in [0, 0.1) is 5.92 Å². The maximum atomic E-state index is 13.2. The number of amides is 4. The zero-order valence-electron chi connectivity index (χ0n) is 22.4. The van der Waals surface area contributed by atoms with Crippen molar-refractivity contribution in [2.45, 2.75) is 63.5 Å². The van der Waals surface area contributed by atoms with E-state index in [1.165, 1.54) is 0 Å². The van der Waals surface area contributed by atoms with Crippen LogP contribution in [0.15, 0.2) is 30.3 Å². The van der Waals surface area contributed by atoms with Gasteiger partial charge >= 0.3 is 5.97 Å². The lowest BCUT2D eigenvalue weighted by Crippen LogP contribution is -2.54. The van der Waals surface area contributed by atoms with E-state index >= 15 is 0 Å². The molecule has 0 aromatic heterocycles. The second-order valence-corrected chi connectivity index (χ2v) is 9.84. The van der Waals surface area contributed by atoms with Crippen molar-refractivity contribution in [2.75, 3.05) is 32.7 Å². The Morgan fingerprint density at radius 3 is 2.23 bits per heavy atom. The van der Waals surface area contributed by atoms with Gasteiger partial charge in [-0.2, -0.15) is 0 Å². The summed E-state index contributed by atoms with van der Waals surface area (Å²) < 4.78 is 0. The van der Waals surface area contributed by atoms with Gasteiger partial charge in [0.05, 0.1) is 13.1 Å². The first-order chi connectivity index (χ1) is 18.7. The summed E-state index contributed by atoms with van der Waals surface area (Å²) in [4.78, 5) is 63.0. The fourth-order valence-electron chi connectivity index (χ4n) is 4.63. The molecule has 0 bridgehead atoms. The summed E-state index contributed by atoms with van der Waals surface area (Å²) in [6.45, 7) is 0.822. The molecule has 216 valence electrons. The van der Waals surface area contributed by atoms with E-state index in [2.05, 4.69) is 16.0 Å². The zero-order valence-corrected chi connectivity index (χ0v) is 22.4. The van der Waals surface area contributed by atoms with Crippen LogP contribution in [-0.4, -0.2) is 84.4 Å². The Morgan fingerprint density at radius 2 is 1.62 bits per heavy atom. The molecule has 1 aromatic rings. The van der Waals surface area contributed by atoms with Crippen molar-refractivity contribution in [2.24, 2.45) is 17.4 Å². The number of nitrogens with one attached hydrogen (secondary N) is 3. The van der Waals surface area contributed by atoms with Crippen LogP contribution in [0.3, 0.4) is 0 Å². The number of rotatable bonds is 16. The van der Waals surface area contributed by atoms with E-state index < -0.39 is 35.8 Å². The Balaban J connectivity index is 1.90. The highest BCUT2D eigenvalue weighted by atomic mass is 16.4. The number of aliphatic carboxylic acids is 1. The topological polar surface area (TPSA) is 197 Å². The minimum absolute atomic E-state index is 0.148. The van der Waals surface area contributed by atoms with Gasteiger partial charge in [-0.15, -0.1) is 0 Å². The smallest absolute Gasteiger partial charge is 0.303 e. The van der Waals surface area contributed by atoms with Gasteiger partial charge in [0, 0.05) is 25.9 Å². The van der Waals surface area contributed by atoms with Crippen LogP contribution < -0.4 is 27.4 Å². The van der Waals surface area contributed by atoms with Crippen molar-refractivity contribution in [1.82, 2.24) is 20.9 Å². The van der Waals surface area contributed by atoms with Gasteiger partial charge in [-0.3, -0.25) is 24.0 Å². The van der Waals surface area contributed by atoms with E-state index in [4.69, 9.17) is 16.6 Å². The molecule has 1 fully saturated rings. The Morgan fingerprint density at radius 1 is 0.949 bits per heavy atom. The Bertz CT molecular complexity index is 951. The number of hydrogen-bond acceptors (Lipinski definition) is 7. The van der Waals surface area contributed by atoms with Crippen LogP contribution in [-0.2, 0) is 30.4 Å². The second kappa shape index (κ2) is 17.2. The molecule has 2 rings (SSSR count). The summed E-state index contributed by atoms with van der Waals surface area (Å²) in [5.41, 5.74) is 11.9. The number of likely N-dealkylation sites (tertiary alicyclic amines) is 1. The summed E-state index contributed by atoms with van der Waals surface area (Å²) in [6.07, 6.45) is 4.30. The van der Waals surface area contributed by atoms with E-state index in [1.807, 2.05) is 30.3 Å². The number of carbonyl (C=O) groups is 5. The molecule has 1 aliphatic rings. The third-order valence-corrected chi connectivity index (χ3v) is 6.80. The van der Waals surface area contributed by atoms with E-state index in [9.17, 15) is 24.0 Å². The van der Waals surface area contributed by atoms with Crippen LogP contribution >= 0.6 is 0 Å². The van der Waals surface area contributed by atoms with Crippen LogP contribution in [0.5, 0.6) is 0 Å². The van der Waals surface area contributed by atoms with E-state index in [1.54, 1.807) is 4.90 Å². The number of carboxylic acid groups (broad SMARTS) is 1. The van der Waals surface area contributed by atoms with Gasteiger partial charge < -0.3 is 37.4 Å². The molecule has 12 nitrogen and oxygen atoms in total. The molecule has 2 atom stereocenters. The van der Waals surface area contributed by atoms with Crippen LogP contribution in [0.2, 0.25) is 0 Å². The van der Waals surface area contributed by atoms with Crippen molar-refractivity contribution >= 4 is 29.6 Å². The lowest BCUT2D eigenvalue weighted by molar-refractivity contribution is -0.138. The largest absolute Gasteiger partial charge is 0.481 e. The fourth-order valence-corrected chi connectivity index (χ4v) is 4.63. The molecule has 0 radical (unpaired) electrons. The van der Waals surface area contributed by atoms with E-state index in [-0.39, 0.29) is 31.8 Å². The minimum Gasteiger partial charge on any atom is -0.481 e. The molecule has 1 aromatic carbocycles. The summed E-state index contributed by atoms with van der Waals surface area (Å²) in [6, 6.07) is 7.46. The highest BCUT2D eigenvalue weighted by Crippen LogP contribution is 2.23. The van der Waals surface area contributed by atoms with Crippen LogP contribution in [0.25, 0.3) is 0 Å². The first-order valence-corrected chi connectivity index (χ1v) is 13.5. The first-order valence-electron chi connectivity index (χ1n) is 13.5. The SMILES string of the molecule is NCCC[C@@H](NC(=O)CNC(=O)[C@@H](Cc1ccccc1)NC(=O)CN)C(=O)N1CCC(CCCC(=O)O)CC1. The van der Waals surface area contributed by atoms with Crippen molar-refractivity contribution in [3.05, 3.63) is 35.9 Å². The molecule has 12 heteroatoms. The highest BCUT2D eigenvalue weighted by molar-refractivity contribution is 5.92. The second-order valence-electron chi connectivity index (χ2n) is 9.84. The van der Waals surface area contributed by atoms with Gasteiger partial charge in [-0.25, -0.2) is 0 Å². The third-order valence-electron chi connectivity index (χ3n) is 6.80. The molecule has 39 heavy (non-hydrogen) atoms. The maximum absolute atomic E-state index is 13.2. The first kappa shape index (κ1) is 31.7. The Kier molecular flexibility index (Phi) is 13.9. The molecule has 0 unspecified atom stereocenters. The summed E-state index contributed by atoms with van der Waals surface area (Å²) in [5, 5.41) is 16.7. The van der Waals surface area contributed by atoms with Crippen molar-refractivity contribution in [3.8, 4) is 0 Å². The maximum Gasteiger partial charge on any atom is 0.303 e. The average Bonchev–Trinajstić information content (AvgIpc) is 2.93. The van der Waals surface area contributed by atoms with Gasteiger partial charge in [-0.1, -0.05) is 30.3 Å². The summed E-state index contributed by atoms with van der Waals surface area (Å²) in [5.74, 6) is -2.16. The van der Waals surface area contributed by atoms with Crippen molar-refractivity contribution in [1.29, 1.82) is 0 Å². The molecule has 0 aliphatic carbocycles. The molecule has 1 heterocycles. The number of nitrogens with two attached hydrogens (primary N) is 2. The molecule has 1 saturated heterocycles. The summed E-state index contributed by atoms with van der Waals surface area (Å²) in [7, 11) is 0. The Labute approximate surface area is 229 Å². The van der Waals surface area contributed by atoms with Gasteiger partial charge in [-0.05, 0) is 56.6 Å². The monoisotopic (exact) mass is 546 g/mol. The average molecular weight is 547 g/mol. The van der Waals surface area contributed by atoms with Crippen LogP contribution in [0.1, 0.15) is 50.5 Å². The lowest BCUT2D eigenvalue weighted by atomic mass is 9.91. The normalized spacial score (nSPS) is 15.2. The number of hydrogen-bond donors (Lipinski definition) is 6. The third kappa shape index (κ3) is 11.8. The number of piperidine rings is 1. The van der Waals surface area contributed by atoms with Gasteiger partial charge in [0.25, 0.3) is 0 Å². The molecule has 8 N–H and O–H groups in total. The predicted molar refractivity (Wildman–Crippen MR) is 145 cm³/mol. The predicted octanol–water partition coefficient (Wildman–Crippen LogP) is -0.494. The number of benzene rings is 1. The van der Waals surface area contributed by atoms with Gasteiger partial charge in [0.15, 0.2) is 0 Å². The molecule has 0 saturated carbocycles. The number of carbonyl (C=O) groups excluding carboxylic acids is 4.